The maximum Gasteiger partial charge on any atom is 0.323 e. The van der Waals surface area contributed by atoms with E-state index in [9.17, 15) is 9.59 Å². The number of nitrogens with zero attached hydrogens (tertiary/aromatic N) is 2. The fourth-order valence-electron chi connectivity index (χ4n) is 1.53. The van der Waals surface area contributed by atoms with Crippen LogP contribution in [0.4, 0.5) is 4.79 Å². The van der Waals surface area contributed by atoms with Crippen LogP contribution in [0.5, 0.6) is 0 Å². The van der Waals surface area contributed by atoms with E-state index in [0.29, 0.717) is 11.1 Å². The van der Waals surface area contributed by atoms with Gasteiger partial charge in [-0.2, -0.15) is 0 Å². The van der Waals surface area contributed by atoms with E-state index < -0.39 is 11.9 Å². The van der Waals surface area contributed by atoms with Gasteiger partial charge in [-0.3, -0.25) is 15.1 Å². The second-order valence-electron chi connectivity index (χ2n) is 4.23. The van der Waals surface area contributed by atoms with Gasteiger partial charge in [-0.1, -0.05) is 0 Å². The predicted octanol–water partition coefficient (Wildman–Crippen LogP) is 2.78. The maximum atomic E-state index is 12.0. The van der Waals surface area contributed by atoms with E-state index in [1.54, 1.807) is 19.5 Å². The van der Waals surface area contributed by atoms with Gasteiger partial charge in [-0.25, -0.2) is 4.79 Å². The number of imide groups is 1. The quantitative estimate of drug-likeness (QED) is 0.867. The van der Waals surface area contributed by atoms with Gasteiger partial charge in [-0.15, -0.1) is 11.3 Å². The summed E-state index contributed by atoms with van der Waals surface area (Å²) in [5, 5.41) is 4.02. The molecule has 3 amide bonds. The Morgan fingerprint density at radius 1 is 1.42 bits per heavy atom. The van der Waals surface area contributed by atoms with Gasteiger partial charge in [-0.05, 0) is 28.9 Å². The molecule has 0 fully saturated rings. The number of thiophene rings is 1. The zero-order valence-electron chi connectivity index (χ0n) is 10.7. The third-order valence-corrected chi connectivity index (χ3v) is 4.37. The number of pyridine rings is 1. The van der Waals surface area contributed by atoms with Crippen molar-refractivity contribution in [1.29, 1.82) is 0 Å². The van der Waals surface area contributed by atoms with Crippen LogP contribution in [0.15, 0.2) is 15.9 Å². The minimum absolute atomic E-state index is 0.416. The van der Waals surface area contributed by atoms with Gasteiger partial charge in [0, 0.05) is 29.6 Å². The van der Waals surface area contributed by atoms with Crippen molar-refractivity contribution in [3.8, 4) is 0 Å². The number of halogens is 1. The molecule has 0 aliphatic carbocycles. The number of hydrogen-bond acceptors (Lipinski definition) is 4. The van der Waals surface area contributed by atoms with E-state index in [1.807, 2.05) is 13.0 Å². The molecule has 0 aliphatic heterocycles. The molecule has 5 nitrogen and oxygen atoms in total. The van der Waals surface area contributed by atoms with Crippen molar-refractivity contribution in [3.63, 3.8) is 0 Å². The van der Waals surface area contributed by atoms with Crippen molar-refractivity contribution in [2.75, 3.05) is 14.1 Å². The molecule has 2 rings (SSSR count). The molecule has 2 aromatic rings. The minimum atomic E-state index is -0.448. The van der Waals surface area contributed by atoms with Crippen LogP contribution < -0.4 is 5.32 Å². The van der Waals surface area contributed by atoms with Gasteiger partial charge in [0.15, 0.2) is 0 Å². The van der Waals surface area contributed by atoms with E-state index in [2.05, 4.69) is 26.2 Å². The summed E-state index contributed by atoms with van der Waals surface area (Å²) in [5.41, 5.74) is 1.84. The molecule has 19 heavy (non-hydrogen) atoms. The second kappa shape index (κ2) is 5.26. The number of nitrogens with one attached hydrogen (secondary N) is 1. The molecule has 0 saturated carbocycles. The van der Waals surface area contributed by atoms with Crippen molar-refractivity contribution in [2.45, 2.75) is 6.92 Å². The molecule has 0 unspecified atom stereocenters. The Morgan fingerprint density at radius 2 is 2.11 bits per heavy atom. The lowest BCUT2D eigenvalue weighted by atomic mass is 10.2. The van der Waals surface area contributed by atoms with Crippen LogP contribution in [0.3, 0.4) is 0 Å². The summed E-state index contributed by atoms with van der Waals surface area (Å²) in [7, 11) is 3.15. The first-order valence-electron chi connectivity index (χ1n) is 5.47. The van der Waals surface area contributed by atoms with Crippen LogP contribution in [-0.4, -0.2) is 35.9 Å². The van der Waals surface area contributed by atoms with E-state index in [0.717, 1.165) is 14.9 Å². The average Bonchev–Trinajstić information content (AvgIpc) is 2.72. The van der Waals surface area contributed by atoms with Crippen molar-refractivity contribution in [3.05, 3.63) is 27.2 Å². The first-order valence-corrected chi connectivity index (χ1v) is 7.14. The van der Waals surface area contributed by atoms with Crippen LogP contribution in [-0.2, 0) is 0 Å². The van der Waals surface area contributed by atoms with E-state index in [4.69, 9.17) is 0 Å². The van der Waals surface area contributed by atoms with E-state index in [1.165, 1.54) is 16.2 Å². The summed E-state index contributed by atoms with van der Waals surface area (Å²) < 4.78 is 1.80. The van der Waals surface area contributed by atoms with Crippen LogP contribution in [0.1, 0.15) is 16.1 Å². The topological polar surface area (TPSA) is 62.3 Å². The Bertz CT molecular complexity index is 666. The molecule has 0 aliphatic rings. The Labute approximate surface area is 122 Å². The van der Waals surface area contributed by atoms with Gasteiger partial charge >= 0.3 is 6.03 Å². The van der Waals surface area contributed by atoms with Gasteiger partial charge in [0.1, 0.15) is 0 Å². The van der Waals surface area contributed by atoms with Gasteiger partial charge in [0.05, 0.1) is 15.8 Å². The van der Waals surface area contributed by atoms with Crippen molar-refractivity contribution >= 4 is 49.4 Å². The molecular weight excluding hydrogens is 330 g/mol. The summed E-state index contributed by atoms with van der Waals surface area (Å²) in [4.78, 5) is 29.2. The number of carbonyl (C=O) groups excluding carboxylic acids is 2. The lowest BCUT2D eigenvalue weighted by Crippen LogP contribution is -2.38. The Hall–Kier alpha value is -1.47. The lowest BCUT2D eigenvalue weighted by Gasteiger charge is -2.10. The maximum absolute atomic E-state index is 12.0. The molecule has 1 N–H and O–H groups in total. The fourth-order valence-corrected chi connectivity index (χ4v) is 3.22. The van der Waals surface area contributed by atoms with Crippen molar-refractivity contribution in [1.82, 2.24) is 15.2 Å². The van der Waals surface area contributed by atoms with Crippen LogP contribution >= 0.6 is 27.3 Å². The Morgan fingerprint density at radius 3 is 2.74 bits per heavy atom. The molecule has 0 atom stereocenters. The molecular formula is C12H12BrN3O2S. The normalized spacial score (nSPS) is 10.5. The number of hydrogen-bond donors (Lipinski definition) is 1. The van der Waals surface area contributed by atoms with Crippen LogP contribution in [0.25, 0.3) is 10.2 Å². The minimum Gasteiger partial charge on any atom is -0.331 e. The third-order valence-electron chi connectivity index (χ3n) is 2.48. The fraction of sp³-hybridized carbons (Fsp3) is 0.250. The number of aryl methyl sites for hydroxylation is 1. The molecule has 2 aromatic heterocycles. The summed E-state index contributed by atoms with van der Waals surface area (Å²) in [5.74, 6) is -0.435. The first kappa shape index (κ1) is 14.0. The van der Waals surface area contributed by atoms with Gasteiger partial charge in [0.25, 0.3) is 5.91 Å². The summed E-state index contributed by atoms with van der Waals surface area (Å²) in [6, 6.07) is 1.45. The zero-order valence-corrected chi connectivity index (χ0v) is 13.1. The SMILES string of the molecule is Cc1cc(Br)c2scc(C(=O)NC(=O)N(C)C)c2n1. The van der Waals surface area contributed by atoms with Crippen LogP contribution in [0.2, 0.25) is 0 Å². The van der Waals surface area contributed by atoms with E-state index >= 15 is 0 Å². The highest BCUT2D eigenvalue weighted by atomic mass is 79.9. The number of aromatic nitrogens is 1. The largest absolute Gasteiger partial charge is 0.331 e. The number of amides is 3. The molecule has 0 bridgehead atoms. The Balaban J connectivity index is 2.41. The zero-order chi connectivity index (χ0) is 14.2. The molecule has 2 heterocycles. The monoisotopic (exact) mass is 341 g/mol. The summed E-state index contributed by atoms with van der Waals surface area (Å²) in [6.07, 6.45) is 0. The highest BCUT2D eigenvalue weighted by Gasteiger charge is 2.18. The van der Waals surface area contributed by atoms with Crippen molar-refractivity contribution in [2.24, 2.45) is 0 Å². The van der Waals surface area contributed by atoms with Crippen LogP contribution in [0, 0.1) is 6.92 Å². The first-order chi connectivity index (χ1) is 8.90. The Kier molecular flexibility index (Phi) is 3.86. The van der Waals surface area contributed by atoms with Gasteiger partial charge in [0.2, 0.25) is 0 Å². The lowest BCUT2D eigenvalue weighted by molar-refractivity contribution is 0.0958. The highest BCUT2D eigenvalue weighted by Crippen LogP contribution is 2.31. The molecule has 0 saturated heterocycles. The summed E-state index contributed by atoms with van der Waals surface area (Å²) >= 11 is 4.87. The number of rotatable bonds is 1. The summed E-state index contributed by atoms with van der Waals surface area (Å²) in [6.45, 7) is 1.86. The third kappa shape index (κ3) is 2.76. The smallest absolute Gasteiger partial charge is 0.323 e. The number of urea groups is 1. The molecule has 7 heteroatoms. The number of carbonyl (C=O) groups is 2. The predicted molar refractivity (Wildman–Crippen MR) is 78.6 cm³/mol. The van der Waals surface area contributed by atoms with Crippen molar-refractivity contribution < 1.29 is 9.59 Å². The van der Waals surface area contributed by atoms with Gasteiger partial charge < -0.3 is 4.90 Å². The molecule has 0 aromatic carbocycles. The average molecular weight is 342 g/mol. The molecule has 0 radical (unpaired) electrons. The second-order valence-corrected chi connectivity index (χ2v) is 5.96. The standard InChI is InChI=1S/C12H12BrN3O2S/c1-6-4-8(13)10-9(14-6)7(5-19-10)11(17)15-12(18)16(2)3/h4-5H,1-3H3,(H,15,17,18). The number of fused-ring (bicyclic) bond motifs is 1. The molecule has 0 spiro atoms. The van der Waals surface area contributed by atoms with E-state index in [-0.39, 0.29) is 0 Å². The highest BCUT2D eigenvalue weighted by molar-refractivity contribution is 9.10. The molecule has 100 valence electrons.